The van der Waals surface area contributed by atoms with Gasteiger partial charge in [-0.1, -0.05) is 24.3 Å². The van der Waals surface area contributed by atoms with Crippen LogP contribution in [0.3, 0.4) is 0 Å². The second-order valence-electron chi connectivity index (χ2n) is 6.63. The normalized spacial score (nSPS) is 16.8. The molecule has 3 rings (SSSR count). The van der Waals surface area contributed by atoms with E-state index in [4.69, 9.17) is 9.73 Å². The summed E-state index contributed by atoms with van der Waals surface area (Å²) in [7, 11) is 0. The minimum atomic E-state index is 0. The van der Waals surface area contributed by atoms with Crippen LogP contribution < -0.4 is 10.6 Å². The van der Waals surface area contributed by atoms with Crippen LogP contribution in [0, 0.1) is 6.92 Å². The van der Waals surface area contributed by atoms with Crippen molar-refractivity contribution in [3.05, 3.63) is 53.6 Å². The van der Waals surface area contributed by atoms with Crippen molar-refractivity contribution in [3.63, 3.8) is 0 Å². The van der Waals surface area contributed by atoms with Crippen LogP contribution in [0.25, 0.3) is 0 Å². The summed E-state index contributed by atoms with van der Waals surface area (Å²) in [4.78, 5) is 9.00. The maximum absolute atomic E-state index is 5.67. The van der Waals surface area contributed by atoms with Crippen LogP contribution in [-0.2, 0) is 17.8 Å². The number of ether oxygens (including phenoxy) is 1. The third kappa shape index (κ3) is 6.80. The Hall–Kier alpha value is -1.61. The first-order chi connectivity index (χ1) is 12.7. The molecule has 1 atom stereocenters. The minimum absolute atomic E-state index is 0. The first-order valence-corrected chi connectivity index (χ1v) is 9.44. The highest BCUT2D eigenvalue weighted by molar-refractivity contribution is 14.0. The smallest absolute Gasteiger partial charge is 0.191 e. The van der Waals surface area contributed by atoms with Crippen LogP contribution in [-0.4, -0.2) is 41.3 Å². The number of aliphatic imine (C=N–C) groups is 1. The number of hydrogen-bond donors (Lipinski definition) is 2. The first-order valence-electron chi connectivity index (χ1n) is 9.44. The average molecular weight is 483 g/mol. The second kappa shape index (κ2) is 11.3. The van der Waals surface area contributed by atoms with Crippen molar-refractivity contribution in [1.29, 1.82) is 0 Å². The lowest BCUT2D eigenvalue weighted by Gasteiger charge is -2.15. The van der Waals surface area contributed by atoms with E-state index in [1.54, 1.807) is 0 Å². The topological polar surface area (TPSA) is 63.5 Å². The number of hydrogen-bond acceptors (Lipinski definition) is 3. The zero-order chi connectivity index (χ0) is 18.2. The second-order valence-corrected chi connectivity index (χ2v) is 6.63. The summed E-state index contributed by atoms with van der Waals surface area (Å²) >= 11 is 0. The summed E-state index contributed by atoms with van der Waals surface area (Å²) in [6.45, 7) is 8.12. The molecule has 7 heteroatoms. The molecule has 1 aromatic heterocycles. The quantitative estimate of drug-likeness (QED) is 0.361. The van der Waals surface area contributed by atoms with Crippen LogP contribution >= 0.6 is 24.0 Å². The van der Waals surface area contributed by atoms with Gasteiger partial charge in [0.1, 0.15) is 5.82 Å². The van der Waals surface area contributed by atoms with Crippen molar-refractivity contribution in [1.82, 2.24) is 20.2 Å². The SMILES string of the molecule is CCNC(=NCc1cccc(Cn2ccnc2C)c1)NCC1CCCO1.I. The Bertz CT molecular complexity index is 725. The molecular weight excluding hydrogens is 453 g/mol. The third-order valence-corrected chi connectivity index (χ3v) is 4.55. The van der Waals surface area contributed by atoms with Crippen molar-refractivity contribution >= 4 is 29.9 Å². The summed E-state index contributed by atoms with van der Waals surface area (Å²) in [5.74, 6) is 1.88. The highest BCUT2D eigenvalue weighted by atomic mass is 127. The number of guanidine groups is 1. The standard InChI is InChI=1S/C20H29N5O.HI/c1-3-21-20(24-14-19-8-5-11-26-19)23-13-17-6-4-7-18(12-17)15-25-10-9-22-16(25)2;/h4,6-7,9-10,12,19H,3,5,8,11,13-15H2,1-2H3,(H2,21,23,24);1H. The van der Waals surface area contributed by atoms with Gasteiger partial charge in [-0.3, -0.25) is 0 Å². The van der Waals surface area contributed by atoms with Gasteiger partial charge in [0.15, 0.2) is 5.96 Å². The molecule has 1 fully saturated rings. The zero-order valence-corrected chi connectivity index (χ0v) is 18.5. The molecule has 2 aromatic rings. The maximum Gasteiger partial charge on any atom is 0.191 e. The number of nitrogens with zero attached hydrogens (tertiary/aromatic N) is 3. The van der Waals surface area contributed by atoms with Gasteiger partial charge in [0.05, 0.1) is 12.6 Å². The third-order valence-electron chi connectivity index (χ3n) is 4.55. The van der Waals surface area contributed by atoms with E-state index in [2.05, 4.69) is 51.4 Å². The first kappa shape index (κ1) is 21.7. The predicted molar refractivity (Wildman–Crippen MR) is 120 cm³/mol. The van der Waals surface area contributed by atoms with E-state index in [9.17, 15) is 0 Å². The fourth-order valence-electron chi connectivity index (χ4n) is 3.12. The van der Waals surface area contributed by atoms with Gasteiger partial charge >= 0.3 is 0 Å². The lowest BCUT2D eigenvalue weighted by atomic mass is 10.1. The molecule has 0 radical (unpaired) electrons. The van der Waals surface area contributed by atoms with Crippen LogP contribution in [0.15, 0.2) is 41.7 Å². The molecule has 0 amide bonds. The Morgan fingerprint density at radius 1 is 1.33 bits per heavy atom. The van der Waals surface area contributed by atoms with Crippen molar-refractivity contribution in [2.24, 2.45) is 4.99 Å². The Morgan fingerprint density at radius 3 is 2.89 bits per heavy atom. The number of imidazole rings is 1. The fraction of sp³-hybridized carbons (Fsp3) is 0.500. The summed E-state index contributed by atoms with van der Waals surface area (Å²) < 4.78 is 7.82. The Kier molecular flexibility index (Phi) is 9.06. The van der Waals surface area contributed by atoms with E-state index in [1.165, 1.54) is 11.1 Å². The summed E-state index contributed by atoms with van der Waals surface area (Å²) in [6.07, 6.45) is 6.44. The van der Waals surface area contributed by atoms with Crippen LogP contribution in [0.1, 0.15) is 36.7 Å². The monoisotopic (exact) mass is 483 g/mol. The van der Waals surface area contributed by atoms with E-state index in [0.29, 0.717) is 12.6 Å². The molecule has 0 spiro atoms. The molecule has 0 saturated carbocycles. The molecule has 0 bridgehead atoms. The highest BCUT2D eigenvalue weighted by Crippen LogP contribution is 2.11. The summed E-state index contributed by atoms with van der Waals surface area (Å²) in [5.41, 5.74) is 2.46. The van der Waals surface area contributed by atoms with Gasteiger partial charge in [-0.05, 0) is 37.8 Å². The predicted octanol–water partition coefficient (Wildman–Crippen LogP) is 3.09. The van der Waals surface area contributed by atoms with Crippen LogP contribution in [0.2, 0.25) is 0 Å². The van der Waals surface area contributed by atoms with Gasteiger partial charge < -0.3 is 19.9 Å². The van der Waals surface area contributed by atoms with E-state index in [1.807, 2.05) is 19.3 Å². The number of nitrogens with one attached hydrogen (secondary N) is 2. The van der Waals surface area contributed by atoms with Gasteiger partial charge in [-0.25, -0.2) is 9.98 Å². The molecule has 1 aliphatic heterocycles. The summed E-state index contributed by atoms with van der Waals surface area (Å²) in [6, 6.07) is 8.58. The van der Waals surface area contributed by atoms with Crippen molar-refractivity contribution < 1.29 is 4.74 Å². The number of aryl methyl sites for hydroxylation is 1. The number of aromatic nitrogens is 2. The van der Waals surface area contributed by atoms with Gasteiger partial charge in [0.2, 0.25) is 0 Å². The maximum atomic E-state index is 5.67. The molecule has 2 N–H and O–H groups in total. The van der Waals surface area contributed by atoms with Crippen molar-refractivity contribution in [2.45, 2.75) is 45.9 Å². The van der Waals surface area contributed by atoms with Gasteiger partial charge in [0, 0.05) is 38.6 Å². The number of halogens is 1. The molecule has 0 aliphatic carbocycles. The molecule has 1 unspecified atom stereocenters. The highest BCUT2D eigenvalue weighted by Gasteiger charge is 2.15. The molecule has 27 heavy (non-hydrogen) atoms. The Morgan fingerprint density at radius 2 is 2.19 bits per heavy atom. The Labute approximate surface area is 178 Å². The van der Waals surface area contributed by atoms with Gasteiger partial charge in [-0.15, -0.1) is 24.0 Å². The largest absolute Gasteiger partial charge is 0.376 e. The molecular formula is C20H30IN5O. The molecule has 148 valence electrons. The van der Waals surface area contributed by atoms with Gasteiger partial charge in [-0.2, -0.15) is 0 Å². The van der Waals surface area contributed by atoms with Gasteiger partial charge in [0.25, 0.3) is 0 Å². The van der Waals surface area contributed by atoms with E-state index in [-0.39, 0.29) is 24.0 Å². The molecule has 6 nitrogen and oxygen atoms in total. The molecule has 2 heterocycles. The average Bonchev–Trinajstić information content (AvgIpc) is 3.30. The van der Waals surface area contributed by atoms with E-state index >= 15 is 0 Å². The molecule has 1 aromatic carbocycles. The van der Waals surface area contributed by atoms with Crippen LogP contribution in [0.5, 0.6) is 0 Å². The van der Waals surface area contributed by atoms with E-state index < -0.39 is 0 Å². The van der Waals surface area contributed by atoms with Crippen molar-refractivity contribution in [3.8, 4) is 0 Å². The van der Waals surface area contributed by atoms with E-state index in [0.717, 1.165) is 50.9 Å². The summed E-state index contributed by atoms with van der Waals surface area (Å²) in [5, 5.41) is 6.70. The molecule has 1 aliphatic rings. The fourth-order valence-corrected chi connectivity index (χ4v) is 3.12. The zero-order valence-electron chi connectivity index (χ0n) is 16.1. The number of benzene rings is 1. The number of rotatable bonds is 7. The van der Waals surface area contributed by atoms with Crippen molar-refractivity contribution in [2.75, 3.05) is 19.7 Å². The van der Waals surface area contributed by atoms with Crippen LogP contribution in [0.4, 0.5) is 0 Å². The Balaban J connectivity index is 0.00000261. The lowest BCUT2D eigenvalue weighted by molar-refractivity contribution is 0.114. The molecule has 1 saturated heterocycles. The minimum Gasteiger partial charge on any atom is -0.376 e. The lowest BCUT2D eigenvalue weighted by Crippen LogP contribution is -2.41.